The predicted octanol–water partition coefficient (Wildman–Crippen LogP) is 2.91. The molecule has 0 aliphatic carbocycles. The highest BCUT2D eigenvalue weighted by Gasteiger charge is 2.29. The summed E-state index contributed by atoms with van der Waals surface area (Å²) in [4.78, 5) is 16.4. The lowest BCUT2D eigenvalue weighted by atomic mass is 10.1. The summed E-state index contributed by atoms with van der Waals surface area (Å²) in [5.41, 5.74) is 10.5. The Morgan fingerprint density at radius 1 is 1.44 bits per heavy atom. The van der Waals surface area contributed by atoms with Crippen LogP contribution in [0.25, 0.3) is 10.4 Å². The molecule has 5 nitrogen and oxygen atoms in total. The first-order valence-corrected chi connectivity index (χ1v) is 6.14. The Morgan fingerprint density at radius 2 is 2.17 bits per heavy atom. The van der Waals surface area contributed by atoms with Crippen molar-refractivity contribution in [1.82, 2.24) is 0 Å². The van der Waals surface area contributed by atoms with Crippen molar-refractivity contribution in [3.63, 3.8) is 0 Å². The van der Waals surface area contributed by atoms with Crippen LogP contribution in [-0.4, -0.2) is 19.0 Å². The van der Waals surface area contributed by atoms with Crippen LogP contribution < -0.4 is 4.90 Å². The first-order chi connectivity index (χ1) is 8.74. The maximum atomic E-state index is 11.9. The van der Waals surface area contributed by atoms with Crippen LogP contribution >= 0.6 is 0 Å². The van der Waals surface area contributed by atoms with Crippen LogP contribution in [0.15, 0.2) is 29.4 Å². The minimum Gasteiger partial charge on any atom is -0.312 e. The molecule has 1 unspecified atom stereocenters. The molecular weight excluding hydrogens is 228 g/mol. The fourth-order valence-corrected chi connectivity index (χ4v) is 2.22. The van der Waals surface area contributed by atoms with E-state index in [0.29, 0.717) is 19.5 Å². The highest BCUT2D eigenvalue weighted by Crippen LogP contribution is 2.25. The molecule has 0 aromatic heterocycles. The van der Waals surface area contributed by atoms with Crippen LogP contribution in [0.3, 0.4) is 0 Å². The van der Waals surface area contributed by atoms with Crippen molar-refractivity contribution in [1.29, 1.82) is 0 Å². The summed E-state index contributed by atoms with van der Waals surface area (Å²) in [5.74, 6) is 0.247. The standard InChI is InChI=1S/C13H16N4O/c1-2-10-3-5-12(6-4-10)17-9-11(7-13(17)18)8-15-16-14/h3-6,11H,2,7-9H2,1H3. The molecule has 18 heavy (non-hydrogen) atoms. The number of hydrogen-bond acceptors (Lipinski definition) is 2. The fourth-order valence-electron chi connectivity index (χ4n) is 2.22. The summed E-state index contributed by atoms with van der Waals surface area (Å²) in [6, 6.07) is 8.05. The SMILES string of the molecule is CCc1ccc(N2CC(CN=[N+]=[N-])CC2=O)cc1. The van der Waals surface area contributed by atoms with E-state index >= 15 is 0 Å². The maximum Gasteiger partial charge on any atom is 0.227 e. The molecule has 0 N–H and O–H groups in total. The average molecular weight is 244 g/mol. The van der Waals surface area contributed by atoms with Gasteiger partial charge in [0.25, 0.3) is 0 Å². The summed E-state index contributed by atoms with van der Waals surface area (Å²) in [5, 5.41) is 3.55. The van der Waals surface area contributed by atoms with E-state index in [-0.39, 0.29) is 11.8 Å². The van der Waals surface area contributed by atoms with E-state index in [1.165, 1.54) is 5.56 Å². The van der Waals surface area contributed by atoms with E-state index in [1.54, 1.807) is 4.90 Å². The molecule has 0 radical (unpaired) electrons. The normalized spacial score (nSPS) is 18.8. The Hall–Kier alpha value is -2.00. The maximum absolute atomic E-state index is 11.9. The third-order valence-corrected chi connectivity index (χ3v) is 3.26. The number of nitrogens with zero attached hydrogens (tertiary/aromatic N) is 4. The largest absolute Gasteiger partial charge is 0.312 e. The van der Waals surface area contributed by atoms with Gasteiger partial charge in [0.15, 0.2) is 0 Å². The number of anilines is 1. The third-order valence-electron chi connectivity index (χ3n) is 3.26. The van der Waals surface area contributed by atoms with Gasteiger partial charge in [-0.25, -0.2) is 0 Å². The van der Waals surface area contributed by atoms with Crippen molar-refractivity contribution in [3.05, 3.63) is 40.3 Å². The lowest BCUT2D eigenvalue weighted by Crippen LogP contribution is -2.24. The van der Waals surface area contributed by atoms with Crippen LogP contribution in [0.5, 0.6) is 0 Å². The number of hydrogen-bond donors (Lipinski definition) is 0. The number of rotatable bonds is 4. The molecule has 1 saturated heterocycles. The second kappa shape index (κ2) is 5.56. The van der Waals surface area contributed by atoms with E-state index in [4.69, 9.17) is 5.53 Å². The van der Waals surface area contributed by atoms with Gasteiger partial charge in [-0.2, -0.15) is 0 Å². The van der Waals surface area contributed by atoms with Gasteiger partial charge in [-0.1, -0.05) is 24.2 Å². The van der Waals surface area contributed by atoms with Gasteiger partial charge in [0.05, 0.1) is 0 Å². The molecule has 1 aliphatic rings. The monoisotopic (exact) mass is 244 g/mol. The predicted molar refractivity (Wildman–Crippen MR) is 70.3 cm³/mol. The molecule has 5 heteroatoms. The second-order valence-corrected chi connectivity index (χ2v) is 4.51. The zero-order valence-electron chi connectivity index (χ0n) is 10.4. The van der Waals surface area contributed by atoms with Crippen molar-refractivity contribution >= 4 is 11.6 Å². The number of amides is 1. The molecule has 1 heterocycles. The first-order valence-electron chi connectivity index (χ1n) is 6.14. The molecule has 94 valence electrons. The molecule has 1 aromatic carbocycles. The highest BCUT2D eigenvalue weighted by molar-refractivity contribution is 5.95. The topological polar surface area (TPSA) is 69.1 Å². The van der Waals surface area contributed by atoms with Crippen LogP contribution in [0.1, 0.15) is 18.9 Å². The van der Waals surface area contributed by atoms with Crippen LogP contribution in [-0.2, 0) is 11.2 Å². The molecule has 1 aromatic rings. The minimum absolute atomic E-state index is 0.109. The van der Waals surface area contributed by atoms with Crippen molar-refractivity contribution in [2.45, 2.75) is 19.8 Å². The Morgan fingerprint density at radius 3 is 2.78 bits per heavy atom. The molecule has 1 aliphatic heterocycles. The van der Waals surface area contributed by atoms with Crippen molar-refractivity contribution < 1.29 is 4.79 Å². The fraction of sp³-hybridized carbons (Fsp3) is 0.462. The Bertz CT molecular complexity index is 476. The molecule has 1 fully saturated rings. The zero-order valence-corrected chi connectivity index (χ0v) is 10.4. The minimum atomic E-state index is 0.109. The summed E-state index contributed by atoms with van der Waals surface area (Å²) in [6.45, 7) is 3.14. The molecule has 0 bridgehead atoms. The Kier molecular flexibility index (Phi) is 3.85. The molecule has 2 rings (SSSR count). The number of benzene rings is 1. The van der Waals surface area contributed by atoms with Gasteiger partial charge in [-0.15, -0.1) is 0 Å². The van der Waals surface area contributed by atoms with Gasteiger partial charge in [0.2, 0.25) is 5.91 Å². The van der Waals surface area contributed by atoms with Crippen LogP contribution in [0.4, 0.5) is 5.69 Å². The van der Waals surface area contributed by atoms with Crippen LogP contribution in [0.2, 0.25) is 0 Å². The van der Waals surface area contributed by atoms with E-state index < -0.39 is 0 Å². The molecule has 1 amide bonds. The first kappa shape index (κ1) is 12.5. The Balaban J connectivity index is 2.08. The quantitative estimate of drug-likeness (QED) is 0.456. The van der Waals surface area contributed by atoms with Crippen molar-refractivity contribution in [3.8, 4) is 0 Å². The number of carbonyl (C=O) groups excluding carboxylic acids is 1. The van der Waals surface area contributed by atoms with Crippen molar-refractivity contribution in [2.24, 2.45) is 11.0 Å². The van der Waals surface area contributed by atoms with Crippen LogP contribution in [0, 0.1) is 5.92 Å². The summed E-state index contributed by atoms with van der Waals surface area (Å²) in [6.07, 6.45) is 1.46. The Labute approximate surface area is 106 Å². The molecule has 0 spiro atoms. The van der Waals surface area contributed by atoms with Gasteiger partial charge in [-0.3, -0.25) is 4.79 Å². The zero-order chi connectivity index (χ0) is 13.0. The van der Waals surface area contributed by atoms with Gasteiger partial charge in [0, 0.05) is 30.1 Å². The van der Waals surface area contributed by atoms with E-state index in [1.807, 2.05) is 24.3 Å². The van der Waals surface area contributed by atoms with Crippen molar-refractivity contribution in [2.75, 3.05) is 18.0 Å². The average Bonchev–Trinajstić information content (AvgIpc) is 2.78. The lowest BCUT2D eigenvalue weighted by molar-refractivity contribution is -0.117. The molecular formula is C13H16N4O. The number of azide groups is 1. The van der Waals surface area contributed by atoms with Gasteiger partial charge < -0.3 is 4.90 Å². The third kappa shape index (κ3) is 2.63. The van der Waals surface area contributed by atoms with Gasteiger partial charge in [-0.05, 0) is 35.6 Å². The second-order valence-electron chi connectivity index (χ2n) is 4.51. The summed E-state index contributed by atoms with van der Waals surface area (Å²) < 4.78 is 0. The van der Waals surface area contributed by atoms with E-state index in [2.05, 4.69) is 16.9 Å². The van der Waals surface area contributed by atoms with Gasteiger partial charge >= 0.3 is 0 Å². The van der Waals surface area contributed by atoms with E-state index in [0.717, 1.165) is 12.1 Å². The summed E-state index contributed by atoms with van der Waals surface area (Å²) >= 11 is 0. The summed E-state index contributed by atoms with van der Waals surface area (Å²) in [7, 11) is 0. The number of aryl methyl sites for hydroxylation is 1. The van der Waals surface area contributed by atoms with E-state index in [9.17, 15) is 4.79 Å². The van der Waals surface area contributed by atoms with Gasteiger partial charge in [0.1, 0.15) is 0 Å². The highest BCUT2D eigenvalue weighted by atomic mass is 16.2. The molecule has 1 atom stereocenters. The molecule has 0 saturated carbocycles. The lowest BCUT2D eigenvalue weighted by Gasteiger charge is -2.16. The smallest absolute Gasteiger partial charge is 0.227 e. The number of carbonyl (C=O) groups is 1.